The molecule has 0 saturated carbocycles. The third kappa shape index (κ3) is 6.19. The molecule has 3 unspecified atom stereocenters. The van der Waals surface area contributed by atoms with Crippen LogP contribution in [-0.4, -0.2) is 34.8 Å². The predicted molar refractivity (Wildman–Crippen MR) is 66.3 cm³/mol. The molecule has 0 aliphatic rings. The summed E-state index contributed by atoms with van der Waals surface area (Å²) in [6, 6.07) is -1.21. The van der Waals surface area contributed by atoms with Gasteiger partial charge in [0.25, 0.3) is 0 Å². The molecule has 19 heavy (non-hydrogen) atoms. The van der Waals surface area contributed by atoms with E-state index in [9.17, 15) is 14.4 Å². The molecular weight excluding hydrogens is 254 g/mol. The molecule has 0 aliphatic carbocycles. The van der Waals surface area contributed by atoms with Crippen molar-refractivity contribution in [1.29, 1.82) is 0 Å². The molecule has 0 bridgehead atoms. The van der Waals surface area contributed by atoms with Crippen LogP contribution in [0.25, 0.3) is 0 Å². The third-order valence-corrected chi connectivity index (χ3v) is 2.59. The molecule has 0 aromatic rings. The Morgan fingerprint density at radius 3 is 2.00 bits per heavy atom. The van der Waals surface area contributed by atoms with Gasteiger partial charge in [-0.15, -0.1) is 0 Å². The van der Waals surface area contributed by atoms with Gasteiger partial charge in [-0.1, -0.05) is 13.8 Å². The van der Waals surface area contributed by atoms with E-state index in [-0.39, 0.29) is 0 Å². The Balaban J connectivity index is 4.50. The number of aliphatic carboxylic acids is 1. The maximum atomic E-state index is 11.6. The van der Waals surface area contributed by atoms with Crippen LogP contribution in [0.1, 0.15) is 34.6 Å². The number of hydrogen-bond donors (Lipinski definition) is 2. The third-order valence-electron chi connectivity index (χ3n) is 2.59. The maximum Gasteiger partial charge on any atom is 0.516 e. The normalized spacial score (nSPS) is 16.1. The summed E-state index contributed by atoms with van der Waals surface area (Å²) in [7, 11) is 0. The summed E-state index contributed by atoms with van der Waals surface area (Å²) in [4.78, 5) is 33.6. The van der Waals surface area contributed by atoms with Crippen molar-refractivity contribution in [2.24, 2.45) is 17.6 Å². The van der Waals surface area contributed by atoms with Gasteiger partial charge in [-0.25, -0.2) is 4.79 Å². The second-order valence-electron chi connectivity index (χ2n) is 5.40. The van der Waals surface area contributed by atoms with Crippen molar-refractivity contribution in [2.75, 3.05) is 0 Å². The molecule has 0 aliphatic heterocycles. The first-order valence-corrected chi connectivity index (χ1v) is 5.88. The number of carboxylic acid groups (broad SMARTS) is 1. The summed E-state index contributed by atoms with van der Waals surface area (Å²) in [6.07, 6.45) is -1.11. The Bertz CT molecular complexity index is 360. The highest BCUT2D eigenvalue weighted by atomic mass is 16.7. The van der Waals surface area contributed by atoms with Gasteiger partial charge in [0, 0.05) is 0 Å². The number of rotatable bonds is 4. The second kappa shape index (κ2) is 6.51. The van der Waals surface area contributed by atoms with Crippen molar-refractivity contribution >= 4 is 18.1 Å². The fourth-order valence-corrected chi connectivity index (χ4v) is 1.20. The van der Waals surface area contributed by atoms with E-state index < -0.39 is 41.6 Å². The Kier molecular flexibility index (Phi) is 5.95. The fraction of sp³-hybridized carbons (Fsp3) is 0.750. The fourth-order valence-electron chi connectivity index (χ4n) is 1.20. The smallest absolute Gasteiger partial charge is 0.480 e. The van der Waals surface area contributed by atoms with Gasteiger partial charge >= 0.3 is 18.1 Å². The molecule has 0 heterocycles. The van der Waals surface area contributed by atoms with Crippen molar-refractivity contribution in [1.82, 2.24) is 0 Å². The summed E-state index contributed by atoms with van der Waals surface area (Å²) in [5.74, 6) is -3.59. The van der Waals surface area contributed by atoms with Gasteiger partial charge in [-0.3, -0.25) is 9.59 Å². The summed E-state index contributed by atoms with van der Waals surface area (Å²) in [5, 5.41) is 8.75. The van der Waals surface area contributed by atoms with Crippen molar-refractivity contribution in [3.63, 3.8) is 0 Å². The first-order chi connectivity index (χ1) is 8.45. The summed E-state index contributed by atoms with van der Waals surface area (Å²) >= 11 is 0. The lowest BCUT2D eigenvalue weighted by atomic mass is 9.89. The molecule has 0 amide bonds. The van der Waals surface area contributed by atoms with Crippen LogP contribution in [0.3, 0.4) is 0 Å². The summed E-state index contributed by atoms with van der Waals surface area (Å²) < 4.78 is 9.31. The minimum Gasteiger partial charge on any atom is -0.480 e. The summed E-state index contributed by atoms with van der Waals surface area (Å²) in [6.45, 7) is 7.83. The molecular formula is C12H21NO6. The number of carbonyl (C=O) groups excluding carboxylic acids is 2. The molecule has 3 atom stereocenters. The largest absolute Gasteiger partial charge is 0.516 e. The van der Waals surface area contributed by atoms with Crippen LogP contribution in [0.4, 0.5) is 4.79 Å². The van der Waals surface area contributed by atoms with E-state index in [1.807, 2.05) is 0 Å². The number of hydrogen-bond acceptors (Lipinski definition) is 6. The van der Waals surface area contributed by atoms with Crippen molar-refractivity contribution in [3.8, 4) is 0 Å². The molecule has 3 N–H and O–H groups in total. The molecule has 0 fully saturated rings. The van der Waals surface area contributed by atoms with Crippen LogP contribution in [0, 0.1) is 11.8 Å². The van der Waals surface area contributed by atoms with Gasteiger partial charge < -0.3 is 20.3 Å². The molecule has 0 aromatic carbocycles. The number of ether oxygens (including phenoxy) is 2. The van der Waals surface area contributed by atoms with E-state index >= 15 is 0 Å². The Morgan fingerprint density at radius 1 is 1.16 bits per heavy atom. The molecule has 7 heteroatoms. The standard InChI is InChI=1S/C12H21NO6/c1-6(8(13)9(14)15)7(2)10(16)18-11(17)19-12(3,4)5/h6-8H,13H2,1-5H3,(H,14,15). The van der Waals surface area contributed by atoms with Crippen LogP contribution < -0.4 is 5.73 Å². The molecule has 7 nitrogen and oxygen atoms in total. The van der Waals surface area contributed by atoms with Crippen LogP contribution in [0.15, 0.2) is 0 Å². The monoisotopic (exact) mass is 275 g/mol. The highest BCUT2D eigenvalue weighted by Gasteiger charge is 2.32. The first kappa shape index (κ1) is 17.4. The Labute approximate surface area is 112 Å². The average molecular weight is 275 g/mol. The average Bonchev–Trinajstić information content (AvgIpc) is 2.22. The van der Waals surface area contributed by atoms with Gasteiger partial charge in [0.15, 0.2) is 0 Å². The van der Waals surface area contributed by atoms with Crippen molar-refractivity contribution in [3.05, 3.63) is 0 Å². The lowest BCUT2D eigenvalue weighted by Gasteiger charge is -2.22. The van der Waals surface area contributed by atoms with E-state index in [0.717, 1.165) is 0 Å². The summed E-state index contributed by atoms with van der Waals surface area (Å²) in [5.41, 5.74) is 4.63. The topological polar surface area (TPSA) is 116 Å². The minimum atomic E-state index is -1.22. The molecule has 0 radical (unpaired) electrons. The number of esters is 1. The number of carboxylic acids is 1. The van der Waals surface area contributed by atoms with E-state index in [0.29, 0.717) is 0 Å². The number of carbonyl (C=O) groups is 3. The quantitative estimate of drug-likeness (QED) is 0.583. The van der Waals surface area contributed by atoms with Crippen LogP contribution in [-0.2, 0) is 19.1 Å². The highest BCUT2D eigenvalue weighted by Crippen LogP contribution is 2.17. The Hall–Kier alpha value is -1.63. The highest BCUT2D eigenvalue weighted by molar-refractivity contribution is 5.84. The van der Waals surface area contributed by atoms with Crippen molar-refractivity contribution in [2.45, 2.75) is 46.3 Å². The van der Waals surface area contributed by atoms with Crippen LogP contribution in [0.5, 0.6) is 0 Å². The molecule has 110 valence electrons. The second-order valence-corrected chi connectivity index (χ2v) is 5.40. The molecule has 0 aromatic heterocycles. The zero-order valence-corrected chi connectivity index (χ0v) is 11.8. The van der Waals surface area contributed by atoms with Crippen LogP contribution in [0.2, 0.25) is 0 Å². The van der Waals surface area contributed by atoms with Gasteiger partial charge in [-0.05, 0) is 26.7 Å². The van der Waals surface area contributed by atoms with Crippen LogP contribution >= 0.6 is 0 Å². The molecule has 0 rings (SSSR count). The Morgan fingerprint density at radius 2 is 1.63 bits per heavy atom. The first-order valence-electron chi connectivity index (χ1n) is 5.88. The van der Waals surface area contributed by atoms with Gasteiger partial charge in [0.05, 0.1) is 5.92 Å². The van der Waals surface area contributed by atoms with E-state index in [1.165, 1.54) is 13.8 Å². The lowest BCUT2D eigenvalue weighted by Crippen LogP contribution is -2.42. The molecule has 0 spiro atoms. The molecule has 0 saturated heterocycles. The minimum absolute atomic E-state index is 0.674. The van der Waals surface area contributed by atoms with Gasteiger partial charge in [0.2, 0.25) is 0 Å². The van der Waals surface area contributed by atoms with Gasteiger partial charge in [0.1, 0.15) is 11.6 Å². The van der Waals surface area contributed by atoms with Crippen molar-refractivity contribution < 1.29 is 29.0 Å². The zero-order chi connectivity index (χ0) is 15.4. The van der Waals surface area contributed by atoms with E-state index in [1.54, 1.807) is 20.8 Å². The zero-order valence-electron chi connectivity index (χ0n) is 11.8. The predicted octanol–water partition coefficient (Wildman–Crippen LogP) is 1.15. The maximum absolute atomic E-state index is 11.6. The lowest BCUT2D eigenvalue weighted by molar-refractivity contribution is -0.148. The SMILES string of the molecule is CC(C(=O)OC(=O)OC(C)(C)C)C(C)C(N)C(=O)O. The number of nitrogens with two attached hydrogens (primary N) is 1. The van der Waals surface area contributed by atoms with E-state index in [2.05, 4.69) is 4.74 Å². The van der Waals surface area contributed by atoms with Gasteiger partial charge in [-0.2, -0.15) is 0 Å². The van der Waals surface area contributed by atoms with E-state index in [4.69, 9.17) is 15.6 Å².